The average Bonchev–Trinajstić information content (AvgIpc) is 3.44. The van der Waals surface area contributed by atoms with Crippen LogP contribution in [0.2, 0.25) is 5.02 Å². The molecule has 0 aliphatic heterocycles. The van der Waals surface area contributed by atoms with Crippen LogP contribution in [0.4, 0.5) is 10.5 Å². The van der Waals surface area contributed by atoms with Gasteiger partial charge in [0.2, 0.25) is 11.8 Å². The Bertz CT molecular complexity index is 1910. The van der Waals surface area contributed by atoms with Crippen LogP contribution < -0.4 is 27.0 Å². The number of halogens is 1. The topological polar surface area (TPSA) is 183 Å². The summed E-state index contributed by atoms with van der Waals surface area (Å²) in [7, 11) is 0. The first kappa shape index (κ1) is 35.2. The molecule has 0 saturated heterocycles. The number of hydrogen-bond donors (Lipinski definition) is 6. The Morgan fingerprint density at radius 1 is 0.980 bits per heavy atom. The fourth-order valence-corrected chi connectivity index (χ4v) is 6.47. The maximum absolute atomic E-state index is 13.7. The molecular formula is C36H40ClN5O7. The van der Waals surface area contributed by atoms with E-state index in [4.69, 9.17) is 21.1 Å². The number of carbonyl (C=O) groups is 4. The first-order valence-corrected chi connectivity index (χ1v) is 16.6. The summed E-state index contributed by atoms with van der Waals surface area (Å²) in [5, 5.41) is 20.1. The van der Waals surface area contributed by atoms with Gasteiger partial charge in [-0.1, -0.05) is 41.9 Å². The van der Waals surface area contributed by atoms with E-state index in [0.29, 0.717) is 49.0 Å². The van der Waals surface area contributed by atoms with Crippen LogP contribution in [0.3, 0.4) is 0 Å². The Hall–Kier alpha value is -5.10. The van der Waals surface area contributed by atoms with Crippen LogP contribution in [-0.4, -0.2) is 52.5 Å². The number of benzene rings is 3. The second-order valence-electron chi connectivity index (χ2n) is 12.9. The fraction of sp³-hybridized carbons (Fsp3) is 0.361. The Balaban J connectivity index is 1.32. The highest BCUT2D eigenvalue weighted by Crippen LogP contribution is 2.30. The number of aryl methyl sites for hydroxylation is 1. The van der Waals surface area contributed by atoms with E-state index in [1.807, 2.05) is 57.2 Å². The number of rotatable bonds is 11. The first-order chi connectivity index (χ1) is 23.4. The van der Waals surface area contributed by atoms with E-state index in [0.717, 1.165) is 22.3 Å². The van der Waals surface area contributed by atoms with Crippen LogP contribution >= 0.6 is 11.6 Å². The van der Waals surface area contributed by atoms with Gasteiger partial charge >= 0.3 is 11.8 Å². The normalized spacial score (nSPS) is 16.6. The molecule has 258 valence electrons. The predicted octanol–water partition coefficient (Wildman–Crippen LogP) is 5.63. The third-order valence-corrected chi connectivity index (χ3v) is 9.03. The summed E-state index contributed by atoms with van der Waals surface area (Å²) in [6, 6.07) is 15.3. The lowest BCUT2D eigenvalue weighted by molar-refractivity contribution is -0.130. The number of carbonyl (C=O) groups excluding carboxylic acids is 3. The Morgan fingerprint density at radius 3 is 2.35 bits per heavy atom. The molecular weight excluding hydrogens is 650 g/mol. The summed E-state index contributed by atoms with van der Waals surface area (Å²) in [4.78, 5) is 64.8. The summed E-state index contributed by atoms with van der Waals surface area (Å²) in [6.07, 6.45) is 1.68. The number of carboxylic acid groups (broad SMARTS) is 1. The molecule has 1 aromatic heterocycles. The van der Waals surface area contributed by atoms with Crippen LogP contribution in [0.25, 0.3) is 22.2 Å². The van der Waals surface area contributed by atoms with E-state index in [2.05, 4.69) is 26.3 Å². The summed E-state index contributed by atoms with van der Waals surface area (Å²) in [6.45, 7) is 6.11. The fourth-order valence-electron chi connectivity index (χ4n) is 6.21. The maximum Gasteiger partial charge on any atom is 0.417 e. The second-order valence-corrected chi connectivity index (χ2v) is 13.3. The Kier molecular flexibility index (Phi) is 11.1. The van der Waals surface area contributed by atoms with Crippen molar-refractivity contribution in [3.8, 4) is 11.1 Å². The number of aromatic amines is 1. The molecule has 0 radical (unpaired) electrons. The summed E-state index contributed by atoms with van der Waals surface area (Å²) in [5.74, 6) is -1.67. The second kappa shape index (κ2) is 15.4. The van der Waals surface area contributed by atoms with Gasteiger partial charge in [0.05, 0.1) is 10.5 Å². The summed E-state index contributed by atoms with van der Waals surface area (Å²) < 4.78 is 5.05. The number of H-pyrrole nitrogens is 1. The molecule has 5 rings (SSSR count). The van der Waals surface area contributed by atoms with E-state index in [9.17, 15) is 24.0 Å². The molecule has 6 N–H and O–H groups in total. The highest BCUT2D eigenvalue weighted by Gasteiger charge is 2.30. The molecule has 1 aliphatic rings. The number of amides is 4. The maximum atomic E-state index is 13.7. The number of anilines is 1. The van der Waals surface area contributed by atoms with Crippen LogP contribution in [-0.2, 0) is 16.0 Å². The number of oxazole rings is 1. The quantitative estimate of drug-likeness (QED) is 0.118. The average molecular weight is 690 g/mol. The lowest BCUT2D eigenvalue weighted by atomic mass is 9.81. The lowest BCUT2D eigenvalue weighted by Gasteiger charge is -2.29. The molecule has 0 spiro atoms. The largest absolute Gasteiger partial charge is 0.465 e. The van der Waals surface area contributed by atoms with Crippen molar-refractivity contribution < 1.29 is 28.7 Å². The minimum Gasteiger partial charge on any atom is -0.465 e. The minimum absolute atomic E-state index is 0.0298. The van der Waals surface area contributed by atoms with Crippen molar-refractivity contribution in [3.05, 3.63) is 86.9 Å². The molecule has 1 aliphatic carbocycles. The molecule has 1 fully saturated rings. The lowest BCUT2D eigenvalue weighted by Crippen LogP contribution is -2.48. The number of fused-ring (bicyclic) bond motifs is 1. The van der Waals surface area contributed by atoms with Gasteiger partial charge in [-0.05, 0) is 98.9 Å². The molecule has 0 unspecified atom stereocenters. The molecule has 0 bridgehead atoms. The third kappa shape index (κ3) is 9.08. The zero-order valence-corrected chi connectivity index (χ0v) is 28.3. The van der Waals surface area contributed by atoms with Gasteiger partial charge < -0.3 is 30.8 Å². The zero-order chi connectivity index (χ0) is 35.2. The molecule has 4 aromatic rings. The monoisotopic (exact) mass is 689 g/mol. The zero-order valence-electron chi connectivity index (χ0n) is 27.5. The summed E-state index contributed by atoms with van der Waals surface area (Å²) in [5.41, 5.74) is 5.06. The van der Waals surface area contributed by atoms with Gasteiger partial charge in [0.1, 0.15) is 6.04 Å². The van der Waals surface area contributed by atoms with Crippen LogP contribution in [0.1, 0.15) is 61.0 Å². The molecule has 49 heavy (non-hydrogen) atoms. The van der Waals surface area contributed by atoms with E-state index in [1.165, 1.54) is 12.1 Å². The molecule has 4 amide bonds. The SMILES string of the molecule is Cc1cc(C(=O)NC(C)C)ccc1-c1ccc(C[C@H](NC(=O)[C@H]2CC[C@H](CNC(=O)O)CC2)C(=O)Nc2cc(Cl)c3oc(=O)[nH]c3c2)cc1. The van der Waals surface area contributed by atoms with E-state index in [1.54, 1.807) is 6.07 Å². The van der Waals surface area contributed by atoms with Gasteiger partial charge in [0, 0.05) is 36.2 Å². The van der Waals surface area contributed by atoms with E-state index < -0.39 is 23.8 Å². The van der Waals surface area contributed by atoms with Crippen LogP contribution in [0.15, 0.2) is 63.8 Å². The predicted molar refractivity (Wildman–Crippen MR) is 187 cm³/mol. The Labute approximate surface area is 288 Å². The molecule has 1 atom stereocenters. The number of aromatic nitrogens is 1. The van der Waals surface area contributed by atoms with Crippen molar-refractivity contribution in [3.63, 3.8) is 0 Å². The van der Waals surface area contributed by atoms with Crippen molar-refractivity contribution >= 4 is 52.2 Å². The number of nitrogens with one attached hydrogen (secondary N) is 5. The van der Waals surface area contributed by atoms with E-state index in [-0.39, 0.29) is 46.7 Å². The van der Waals surface area contributed by atoms with Crippen molar-refractivity contribution in [2.24, 2.45) is 11.8 Å². The molecule has 13 heteroatoms. The molecule has 1 heterocycles. The minimum atomic E-state index is -1.07. The Morgan fingerprint density at radius 2 is 1.69 bits per heavy atom. The van der Waals surface area contributed by atoms with E-state index >= 15 is 0 Å². The van der Waals surface area contributed by atoms with Gasteiger partial charge in [-0.25, -0.2) is 9.59 Å². The first-order valence-electron chi connectivity index (χ1n) is 16.3. The van der Waals surface area contributed by atoms with Gasteiger partial charge in [0.25, 0.3) is 5.91 Å². The van der Waals surface area contributed by atoms with Crippen LogP contribution in [0, 0.1) is 18.8 Å². The highest BCUT2D eigenvalue weighted by atomic mass is 35.5. The van der Waals surface area contributed by atoms with Gasteiger partial charge in [-0.3, -0.25) is 19.4 Å². The van der Waals surface area contributed by atoms with Gasteiger partial charge in [-0.15, -0.1) is 0 Å². The summed E-state index contributed by atoms with van der Waals surface area (Å²) >= 11 is 6.30. The van der Waals surface area contributed by atoms with Gasteiger partial charge in [0.15, 0.2) is 5.58 Å². The van der Waals surface area contributed by atoms with Crippen LogP contribution in [0.5, 0.6) is 0 Å². The number of hydrogen-bond acceptors (Lipinski definition) is 6. The molecule has 1 saturated carbocycles. The van der Waals surface area contributed by atoms with Crippen molar-refractivity contribution in [1.29, 1.82) is 0 Å². The van der Waals surface area contributed by atoms with Crippen molar-refractivity contribution in [2.45, 2.75) is 65.0 Å². The molecule has 3 aromatic carbocycles. The van der Waals surface area contributed by atoms with Gasteiger partial charge in [-0.2, -0.15) is 0 Å². The third-order valence-electron chi connectivity index (χ3n) is 8.75. The highest BCUT2D eigenvalue weighted by molar-refractivity contribution is 6.35. The smallest absolute Gasteiger partial charge is 0.417 e. The standard InChI is InChI=1S/C36H40ClN5O7/c1-19(2)39-33(44)25-12-13-27(20(3)14-25)23-8-4-21(5-9-23)15-30(41-32(43)24-10-6-22(7-11-24)18-38-35(46)47)34(45)40-26-16-28(37)31-29(17-26)42-36(48)49-31/h4-5,8-9,12-14,16-17,19,22,24,30,38H,6-7,10-11,15,18H2,1-3H3,(H,39,44)(H,40,45)(H,41,43)(H,42,48)(H,46,47)/t22-,24-,30-/m0/s1. The van der Waals surface area contributed by atoms with Crippen molar-refractivity contribution in [2.75, 3.05) is 11.9 Å². The molecule has 12 nitrogen and oxygen atoms in total. The van der Waals surface area contributed by atoms with Crippen molar-refractivity contribution in [1.82, 2.24) is 20.9 Å².